The Morgan fingerprint density at radius 3 is 2.23 bits per heavy atom. The Morgan fingerprint density at radius 1 is 1.10 bits per heavy atom. The molecule has 30 heavy (non-hydrogen) atoms. The number of benzene rings is 2. The number of quaternary nitrogens is 1. The molecular weight excluding hydrogens is 386 g/mol. The van der Waals surface area contributed by atoms with E-state index in [-0.39, 0.29) is 17.0 Å². The largest absolute Gasteiger partial charge is 0.507 e. The molecule has 1 fully saturated rings. The zero-order valence-corrected chi connectivity index (χ0v) is 17.1. The molecule has 8 heteroatoms. The van der Waals surface area contributed by atoms with Crippen molar-refractivity contribution in [1.29, 1.82) is 0 Å². The number of nitrogens with zero attached hydrogens (tertiary/aromatic N) is 2. The molecule has 1 atom stereocenters. The average Bonchev–Trinajstić information content (AvgIpc) is 2.97. The maximum absolute atomic E-state index is 12.9. The first kappa shape index (κ1) is 21.2. The minimum absolute atomic E-state index is 0.00791. The molecule has 0 radical (unpaired) electrons. The van der Waals surface area contributed by atoms with Crippen molar-refractivity contribution in [1.82, 2.24) is 4.90 Å². The molecule has 156 valence electrons. The van der Waals surface area contributed by atoms with Crippen molar-refractivity contribution >= 4 is 23.1 Å². The molecule has 0 aromatic heterocycles. The zero-order chi connectivity index (χ0) is 22.0. The van der Waals surface area contributed by atoms with Crippen LogP contribution in [0, 0.1) is 17.0 Å². The van der Waals surface area contributed by atoms with Gasteiger partial charge in [-0.05, 0) is 24.6 Å². The molecule has 2 aromatic carbocycles. The molecule has 1 saturated heterocycles. The van der Waals surface area contributed by atoms with Crippen LogP contribution in [-0.2, 0) is 9.59 Å². The third-order valence-corrected chi connectivity index (χ3v) is 5.14. The maximum Gasteiger partial charge on any atom is 0.295 e. The summed E-state index contributed by atoms with van der Waals surface area (Å²) in [7, 11) is 3.87. The molecule has 2 aromatic rings. The van der Waals surface area contributed by atoms with Crippen LogP contribution in [0.25, 0.3) is 5.76 Å². The van der Waals surface area contributed by atoms with Gasteiger partial charge in [0.15, 0.2) is 0 Å². The van der Waals surface area contributed by atoms with Crippen molar-refractivity contribution in [3.8, 4) is 0 Å². The monoisotopic (exact) mass is 410 g/mol. The van der Waals surface area contributed by atoms with Crippen LogP contribution in [0.5, 0.6) is 0 Å². The van der Waals surface area contributed by atoms with Crippen molar-refractivity contribution in [2.24, 2.45) is 0 Å². The lowest BCUT2D eigenvalue weighted by atomic mass is 9.95. The second kappa shape index (κ2) is 8.46. The normalized spacial score (nSPS) is 18.3. The lowest BCUT2D eigenvalue weighted by Crippen LogP contribution is -3.06. The van der Waals surface area contributed by atoms with Gasteiger partial charge in [0.05, 0.1) is 43.7 Å². The fourth-order valence-electron chi connectivity index (χ4n) is 3.45. The molecule has 0 bridgehead atoms. The van der Waals surface area contributed by atoms with Crippen molar-refractivity contribution in [2.45, 2.75) is 13.0 Å². The lowest BCUT2D eigenvalue weighted by Gasteiger charge is -2.25. The molecule has 0 spiro atoms. The molecule has 8 nitrogen and oxygen atoms in total. The summed E-state index contributed by atoms with van der Waals surface area (Å²) in [6.45, 7) is 2.81. The standard InChI is InChI=1S/C22H23N3O5/c1-14-4-6-16(7-5-14)20(26)18-19(15-8-10-17(11-9-15)25(29)30)24(13-12-23(2)3)22(28)21(18)27/h4-11,19,26H,12-13H2,1-3H3/p+1/t19-/m1/s1. The molecular formula is C22H24N3O5+. The van der Waals surface area contributed by atoms with Gasteiger partial charge in [0.25, 0.3) is 17.4 Å². The molecule has 3 rings (SSSR count). The van der Waals surface area contributed by atoms with E-state index in [4.69, 9.17) is 0 Å². The molecule has 1 aliphatic rings. The van der Waals surface area contributed by atoms with E-state index in [2.05, 4.69) is 0 Å². The summed E-state index contributed by atoms with van der Waals surface area (Å²) in [4.78, 5) is 38.7. The van der Waals surface area contributed by atoms with E-state index >= 15 is 0 Å². The molecule has 1 heterocycles. The number of amides is 1. The molecule has 2 N–H and O–H groups in total. The summed E-state index contributed by atoms with van der Waals surface area (Å²) in [5.41, 5.74) is 1.86. The van der Waals surface area contributed by atoms with Crippen LogP contribution in [0.1, 0.15) is 22.7 Å². The summed E-state index contributed by atoms with van der Waals surface area (Å²) >= 11 is 0. The predicted octanol–water partition coefficient (Wildman–Crippen LogP) is 1.47. The van der Waals surface area contributed by atoms with Gasteiger partial charge in [-0.3, -0.25) is 19.7 Å². The Labute approximate surface area is 174 Å². The Morgan fingerprint density at radius 2 is 1.70 bits per heavy atom. The number of nitro benzene ring substituents is 1. The van der Waals surface area contributed by atoms with Gasteiger partial charge >= 0.3 is 0 Å². The number of likely N-dealkylation sites (N-methyl/N-ethyl adjacent to an activating group) is 1. The predicted molar refractivity (Wildman–Crippen MR) is 111 cm³/mol. The Hall–Kier alpha value is -3.52. The number of nitro groups is 1. The van der Waals surface area contributed by atoms with E-state index in [0.29, 0.717) is 24.2 Å². The quantitative estimate of drug-likeness (QED) is 0.247. The highest BCUT2D eigenvalue weighted by atomic mass is 16.6. The molecule has 1 amide bonds. The third kappa shape index (κ3) is 4.08. The van der Waals surface area contributed by atoms with Gasteiger partial charge in [0.2, 0.25) is 0 Å². The number of rotatable bonds is 6. The minimum atomic E-state index is -0.813. The lowest BCUT2D eigenvalue weighted by molar-refractivity contribution is -0.857. The highest BCUT2D eigenvalue weighted by Crippen LogP contribution is 2.39. The van der Waals surface area contributed by atoms with Crippen LogP contribution in [-0.4, -0.2) is 53.8 Å². The number of hydrogen-bond acceptors (Lipinski definition) is 5. The van der Waals surface area contributed by atoms with Crippen molar-refractivity contribution in [3.05, 3.63) is 80.9 Å². The van der Waals surface area contributed by atoms with E-state index in [1.165, 1.54) is 29.2 Å². The van der Waals surface area contributed by atoms with Crippen LogP contribution in [0.3, 0.4) is 0 Å². The number of non-ortho nitro benzene ring substituents is 1. The van der Waals surface area contributed by atoms with E-state index in [1.807, 2.05) is 21.0 Å². The fraction of sp³-hybridized carbons (Fsp3) is 0.273. The zero-order valence-electron chi connectivity index (χ0n) is 17.1. The number of Topliss-reactive ketones (excluding diaryl/α,β-unsaturated/α-hetero) is 1. The first-order valence-corrected chi connectivity index (χ1v) is 9.59. The van der Waals surface area contributed by atoms with E-state index in [1.54, 1.807) is 24.3 Å². The number of hydrogen-bond donors (Lipinski definition) is 2. The van der Waals surface area contributed by atoms with Crippen LogP contribution >= 0.6 is 0 Å². The highest BCUT2D eigenvalue weighted by molar-refractivity contribution is 6.46. The molecule has 0 unspecified atom stereocenters. The van der Waals surface area contributed by atoms with Gasteiger partial charge in [-0.1, -0.05) is 29.8 Å². The van der Waals surface area contributed by atoms with Gasteiger partial charge in [0.1, 0.15) is 5.76 Å². The second-order valence-electron chi connectivity index (χ2n) is 7.66. The number of nitrogens with one attached hydrogen (secondary N) is 1. The van der Waals surface area contributed by atoms with E-state index in [0.717, 1.165) is 10.5 Å². The van der Waals surface area contributed by atoms with Crippen molar-refractivity contribution < 1.29 is 24.5 Å². The number of likely N-dealkylation sites (tertiary alicyclic amines) is 1. The number of ketones is 1. The van der Waals surface area contributed by atoms with Crippen LogP contribution < -0.4 is 4.90 Å². The number of aliphatic hydroxyl groups is 1. The van der Waals surface area contributed by atoms with Gasteiger partial charge in [-0.2, -0.15) is 0 Å². The summed E-state index contributed by atoms with van der Waals surface area (Å²) in [5.74, 6) is -1.70. The van der Waals surface area contributed by atoms with Crippen LogP contribution in [0.4, 0.5) is 5.69 Å². The van der Waals surface area contributed by atoms with E-state index < -0.39 is 22.7 Å². The fourth-order valence-corrected chi connectivity index (χ4v) is 3.45. The first-order chi connectivity index (χ1) is 14.2. The van der Waals surface area contributed by atoms with Crippen molar-refractivity contribution in [2.75, 3.05) is 27.2 Å². The first-order valence-electron chi connectivity index (χ1n) is 9.59. The Bertz CT molecular complexity index is 1010. The third-order valence-electron chi connectivity index (χ3n) is 5.14. The molecule has 0 aliphatic carbocycles. The smallest absolute Gasteiger partial charge is 0.295 e. The molecule has 0 saturated carbocycles. The summed E-state index contributed by atoms with van der Waals surface area (Å²) in [6.07, 6.45) is 0. The Kier molecular flexibility index (Phi) is 5.98. The van der Waals surface area contributed by atoms with Gasteiger partial charge in [-0.15, -0.1) is 0 Å². The second-order valence-corrected chi connectivity index (χ2v) is 7.66. The summed E-state index contributed by atoms with van der Waals surface area (Å²) < 4.78 is 0. The van der Waals surface area contributed by atoms with E-state index in [9.17, 15) is 24.8 Å². The highest BCUT2D eigenvalue weighted by Gasteiger charge is 2.46. The summed E-state index contributed by atoms with van der Waals surface area (Å²) in [5, 5.41) is 21.9. The van der Waals surface area contributed by atoms with Crippen molar-refractivity contribution in [3.63, 3.8) is 0 Å². The number of aliphatic hydroxyl groups excluding tert-OH is 1. The SMILES string of the molecule is Cc1ccc(C(O)=C2C(=O)C(=O)N(CC[NH+](C)C)[C@@H]2c2ccc([N+](=O)[O-])cc2)cc1. The maximum atomic E-state index is 12.9. The number of carbonyl (C=O) groups is 2. The minimum Gasteiger partial charge on any atom is -0.507 e. The average molecular weight is 410 g/mol. The Balaban J connectivity index is 2.13. The van der Waals surface area contributed by atoms with Crippen LogP contribution in [0.15, 0.2) is 54.1 Å². The number of carbonyl (C=O) groups excluding carboxylic acids is 2. The van der Waals surface area contributed by atoms with Gasteiger partial charge < -0.3 is 14.9 Å². The summed E-state index contributed by atoms with van der Waals surface area (Å²) in [6, 6.07) is 11.9. The van der Waals surface area contributed by atoms with Crippen LogP contribution in [0.2, 0.25) is 0 Å². The van der Waals surface area contributed by atoms with Gasteiger partial charge in [0, 0.05) is 17.7 Å². The molecule has 1 aliphatic heterocycles. The topological polar surface area (TPSA) is 105 Å². The van der Waals surface area contributed by atoms with Gasteiger partial charge in [-0.25, -0.2) is 0 Å². The number of aryl methyl sites for hydroxylation is 1.